The first kappa shape index (κ1) is 17.4. The SMILES string of the molecule is CCOc1ccccc1NC(=S)NC(=O)c1ccc([N+](=O)[O-])cc1. The number of benzene rings is 2. The first-order chi connectivity index (χ1) is 11.5. The molecule has 0 aromatic heterocycles. The number of nitrogens with zero attached hydrogens (tertiary/aromatic N) is 1. The molecule has 0 aliphatic carbocycles. The standard InChI is InChI=1S/C16H15N3O4S/c1-2-23-14-6-4-3-5-13(14)17-16(24)18-15(20)11-7-9-12(10-8-11)19(21)22/h3-10H,2H2,1H3,(H2,17,18,20,24). The number of nitrogens with one attached hydrogen (secondary N) is 2. The van der Waals surface area contributed by atoms with Crippen LogP contribution >= 0.6 is 12.2 Å². The molecule has 124 valence electrons. The van der Waals surface area contributed by atoms with E-state index in [1.54, 1.807) is 12.1 Å². The van der Waals surface area contributed by atoms with Crippen LogP contribution in [0.2, 0.25) is 0 Å². The molecule has 0 aliphatic heterocycles. The smallest absolute Gasteiger partial charge is 0.269 e. The predicted octanol–water partition coefficient (Wildman–Crippen LogP) is 3.12. The van der Waals surface area contributed by atoms with Crippen LogP contribution in [0.15, 0.2) is 48.5 Å². The summed E-state index contributed by atoms with van der Waals surface area (Å²) in [7, 11) is 0. The number of anilines is 1. The largest absolute Gasteiger partial charge is 0.492 e. The van der Waals surface area contributed by atoms with Crippen molar-refractivity contribution in [2.24, 2.45) is 0 Å². The van der Waals surface area contributed by atoms with E-state index in [0.717, 1.165) is 0 Å². The van der Waals surface area contributed by atoms with Crippen LogP contribution in [0, 0.1) is 10.1 Å². The summed E-state index contributed by atoms with van der Waals surface area (Å²) in [6.45, 7) is 2.37. The number of nitro benzene ring substituents is 1. The van der Waals surface area contributed by atoms with Gasteiger partial charge >= 0.3 is 0 Å². The van der Waals surface area contributed by atoms with Gasteiger partial charge in [-0.1, -0.05) is 12.1 Å². The number of hydrogen-bond donors (Lipinski definition) is 2. The maximum Gasteiger partial charge on any atom is 0.269 e. The van der Waals surface area contributed by atoms with Crippen molar-refractivity contribution in [3.05, 3.63) is 64.2 Å². The van der Waals surface area contributed by atoms with Crippen molar-refractivity contribution in [2.45, 2.75) is 6.92 Å². The van der Waals surface area contributed by atoms with Crippen LogP contribution in [0.25, 0.3) is 0 Å². The summed E-state index contributed by atoms with van der Waals surface area (Å²) in [4.78, 5) is 22.2. The molecular formula is C16H15N3O4S. The van der Waals surface area contributed by atoms with Crippen LogP contribution in [0.3, 0.4) is 0 Å². The summed E-state index contributed by atoms with van der Waals surface area (Å²) in [6.07, 6.45) is 0. The maximum atomic E-state index is 12.1. The van der Waals surface area contributed by atoms with E-state index in [1.807, 2.05) is 19.1 Å². The lowest BCUT2D eigenvalue weighted by atomic mass is 10.2. The Labute approximate surface area is 143 Å². The number of carbonyl (C=O) groups excluding carboxylic acids is 1. The van der Waals surface area contributed by atoms with Crippen LogP contribution in [0.5, 0.6) is 5.75 Å². The van der Waals surface area contributed by atoms with Crippen molar-refractivity contribution < 1.29 is 14.5 Å². The van der Waals surface area contributed by atoms with Gasteiger partial charge in [0.15, 0.2) is 5.11 Å². The molecule has 0 fully saturated rings. The summed E-state index contributed by atoms with van der Waals surface area (Å²) < 4.78 is 5.46. The molecule has 24 heavy (non-hydrogen) atoms. The molecule has 0 atom stereocenters. The van der Waals surface area contributed by atoms with Gasteiger partial charge in [-0.05, 0) is 43.4 Å². The molecule has 2 aromatic rings. The average molecular weight is 345 g/mol. The number of carbonyl (C=O) groups is 1. The molecule has 0 heterocycles. The molecule has 1 amide bonds. The zero-order valence-electron chi connectivity index (χ0n) is 12.8. The Hall–Kier alpha value is -3.00. The second kappa shape index (κ2) is 8.02. The average Bonchev–Trinajstić information content (AvgIpc) is 2.57. The second-order valence-corrected chi connectivity index (χ2v) is 5.05. The highest BCUT2D eigenvalue weighted by Gasteiger charge is 2.12. The topological polar surface area (TPSA) is 93.5 Å². The summed E-state index contributed by atoms with van der Waals surface area (Å²) in [5.41, 5.74) is 0.814. The van der Waals surface area contributed by atoms with Crippen molar-refractivity contribution >= 4 is 34.6 Å². The number of para-hydroxylation sites is 2. The lowest BCUT2D eigenvalue weighted by Crippen LogP contribution is -2.34. The molecular weight excluding hydrogens is 330 g/mol. The summed E-state index contributed by atoms with van der Waals surface area (Å²) in [6, 6.07) is 12.4. The van der Waals surface area contributed by atoms with E-state index in [2.05, 4.69) is 10.6 Å². The van der Waals surface area contributed by atoms with Gasteiger partial charge in [0.25, 0.3) is 11.6 Å². The fourth-order valence-corrected chi connectivity index (χ4v) is 2.12. The molecule has 0 saturated carbocycles. The number of rotatable bonds is 5. The summed E-state index contributed by atoms with van der Waals surface area (Å²) in [5.74, 6) is 0.156. The Bertz CT molecular complexity index is 762. The van der Waals surface area contributed by atoms with Gasteiger partial charge in [-0.15, -0.1) is 0 Å². The van der Waals surface area contributed by atoms with E-state index in [0.29, 0.717) is 18.0 Å². The third-order valence-corrected chi connectivity index (χ3v) is 3.21. The molecule has 0 aliphatic rings. The Morgan fingerprint density at radius 3 is 2.50 bits per heavy atom. The van der Waals surface area contributed by atoms with Crippen LogP contribution in [0.4, 0.5) is 11.4 Å². The predicted molar refractivity (Wildman–Crippen MR) is 94.4 cm³/mol. The molecule has 7 nitrogen and oxygen atoms in total. The van der Waals surface area contributed by atoms with E-state index in [4.69, 9.17) is 17.0 Å². The van der Waals surface area contributed by atoms with Crippen molar-refractivity contribution in [2.75, 3.05) is 11.9 Å². The zero-order valence-corrected chi connectivity index (χ0v) is 13.6. The third-order valence-electron chi connectivity index (χ3n) is 3.00. The van der Waals surface area contributed by atoms with Crippen molar-refractivity contribution in [1.29, 1.82) is 0 Å². The molecule has 2 N–H and O–H groups in total. The molecule has 0 unspecified atom stereocenters. The Balaban J connectivity index is 2.01. The first-order valence-electron chi connectivity index (χ1n) is 7.10. The Kier molecular flexibility index (Phi) is 5.80. The molecule has 0 radical (unpaired) electrons. The quantitative estimate of drug-likeness (QED) is 0.491. The van der Waals surface area contributed by atoms with Gasteiger partial charge in [-0.2, -0.15) is 0 Å². The number of amides is 1. The number of thiocarbonyl (C=S) groups is 1. The minimum atomic E-state index is -0.529. The van der Waals surface area contributed by atoms with E-state index in [-0.39, 0.29) is 16.4 Å². The van der Waals surface area contributed by atoms with E-state index in [1.165, 1.54) is 24.3 Å². The molecule has 2 rings (SSSR count). The number of hydrogen-bond acceptors (Lipinski definition) is 5. The highest BCUT2D eigenvalue weighted by atomic mass is 32.1. The minimum Gasteiger partial charge on any atom is -0.492 e. The Morgan fingerprint density at radius 1 is 1.21 bits per heavy atom. The van der Waals surface area contributed by atoms with Crippen molar-refractivity contribution in [3.8, 4) is 5.75 Å². The normalized spacial score (nSPS) is 9.88. The monoisotopic (exact) mass is 345 g/mol. The van der Waals surface area contributed by atoms with Crippen LogP contribution in [0.1, 0.15) is 17.3 Å². The van der Waals surface area contributed by atoms with Gasteiger partial charge in [0.2, 0.25) is 0 Å². The fraction of sp³-hybridized carbons (Fsp3) is 0.125. The van der Waals surface area contributed by atoms with Crippen LogP contribution in [-0.2, 0) is 0 Å². The van der Waals surface area contributed by atoms with Gasteiger partial charge in [0.05, 0.1) is 17.2 Å². The highest BCUT2D eigenvalue weighted by Crippen LogP contribution is 2.23. The number of nitro groups is 1. The van der Waals surface area contributed by atoms with Gasteiger partial charge in [-0.25, -0.2) is 0 Å². The lowest BCUT2D eigenvalue weighted by Gasteiger charge is -2.13. The fourth-order valence-electron chi connectivity index (χ4n) is 1.91. The second-order valence-electron chi connectivity index (χ2n) is 4.64. The van der Waals surface area contributed by atoms with Gasteiger partial charge in [0.1, 0.15) is 5.75 Å². The third kappa shape index (κ3) is 4.50. The van der Waals surface area contributed by atoms with E-state index >= 15 is 0 Å². The summed E-state index contributed by atoms with van der Waals surface area (Å²) >= 11 is 5.12. The van der Waals surface area contributed by atoms with Gasteiger partial charge in [0, 0.05) is 17.7 Å². The number of non-ortho nitro benzene ring substituents is 1. The number of ether oxygens (including phenoxy) is 1. The molecule has 0 spiro atoms. The molecule has 8 heteroatoms. The summed E-state index contributed by atoms with van der Waals surface area (Å²) in [5, 5.41) is 16.1. The van der Waals surface area contributed by atoms with Crippen molar-refractivity contribution in [3.63, 3.8) is 0 Å². The molecule has 0 saturated heterocycles. The van der Waals surface area contributed by atoms with E-state index in [9.17, 15) is 14.9 Å². The van der Waals surface area contributed by atoms with Crippen molar-refractivity contribution in [1.82, 2.24) is 5.32 Å². The Morgan fingerprint density at radius 2 is 1.88 bits per heavy atom. The van der Waals surface area contributed by atoms with Gasteiger partial charge in [-0.3, -0.25) is 20.2 Å². The van der Waals surface area contributed by atoms with Crippen LogP contribution < -0.4 is 15.4 Å². The minimum absolute atomic E-state index is 0.0853. The van der Waals surface area contributed by atoms with Gasteiger partial charge < -0.3 is 10.1 Å². The molecule has 0 bridgehead atoms. The maximum absolute atomic E-state index is 12.1. The van der Waals surface area contributed by atoms with Crippen LogP contribution in [-0.4, -0.2) is 22.5 Å². The van der Waals surface area contributed by atoms with E-state index < -0.39 is 10.8 Å². The first-order valence-corrected chi connectivity index (χ1v) is 7.50. The molecule has 2 aromatic carbocycles. The zero-order chi connectivity index (χ0) is 17.5. The lowest BCUT2D eigenvalue weighted by molar-refractivity contribution is -0.384. The highest BCUT2D eigenvalue weighted by molar-refractivity contribution is 7.80.